The highest BCUT2D eigenvalue weighted by molar-refractivity contribution is 7.12. The zero-order valence-electron chi connectivity index (χ0n) is 17.7. The minimum absolute atomic E-state index is 0.0197. The summed E-state index contributed by atoms with van der Waals surface area (Å²) in [4.78, 5) is 13.4. The Kier molecular flexibility index (Phi) is 6.77. The van der Waals surface area contributed by atoms with E-state index in [0.717, 1.165) is 33.9 Å². The van der Waals surface area contributed by atoms with Crippen molar-refractivity contribution in [2.75, 3.05) is 19.0 Å². The molecule has 162 valence electrons. The van der Waals surface area contributed by atoms with Crippen LogP contribution in [-0.4, -0.2) is 25.2 Å². The maximum Gasteiger partial charge on any atom is 0.347 e. The lowest BCUT2D eigenvalue weighted by atomic mass is 10.1. The number of anilines is 1. The summed E-state index contributed by atoms with van der Waals surface area (Å²) in [5.74, 6) is -1.53. The van der Waals surface area contributed by atoms with Gasteiger partial charge in [-0.2, -0.15) is 26.3 Å². The summed E-state index contributed by atoms with van der Waals surface area (Å²) >= 11 is 1.85. The summed E-state index contributed by atoms with van der Waals surface area (Å²) in [6.45, 7) is 0. The largest absolute Gasteiger partial charge is 0.477 e. The van der Waals surface area contributed by atoms with E-state index in [1.54, 1.807) is 18.2 Å². The maximum absolute atomic E-state index is 11.5. The summed E-state index contributed by atoms with van der Waals surface area (Å²) in [6.07, 6.45) is 1.74. The van der Waals surface area contributed by atoms with Crippen molar-refractivity contribution in [3.05, 3.63) is 70.2 Å². The van der Waals surface area contributed by atoms with Gasteiger partial charge in [-0.1, -0.05) is 12.1 Å². The van der Waals surface area contributed by atoms with E-state index < -0.39 is 11.5 Å². The summed E-state index contributed by atoms with van der Waals surface area (Å²) < 4.78 is 0.752. The summed E-state index contributed by atoms with van der Waals surface area (Å²) in [5.41, 5.74) is 0.843. The summed E-state index contributed by atoms with van der Waals surface area (Å²) in [5, 5.41) is 57.5. The van der Waals surface area contributed by atoms with E-state index in [-0.39, 0.29) is 35.9 Å². The van der Waals surface area contributed by atoms with E-state index in [2.05, 4.69) is 0 Å². The fourth-order valence-electron chi connectivity index (χ4n) is 3.12. The number of hydrogen-bond donors (Lipinski definition) is 1. The van der Waals surface area contributed by atoms with Crippen molar-refractivity contribution in [2.24, 2.45) is 0 Å². The van der Waals surface area contributed by atoms with E-state index in [4.69, 9.17) is 0 Å². The van der Waals surface area contributed by atoms with Crippen LogP contribution in [0.1, 0.15) is 27.8 Å². The molecule has 34 heavy (non-hydrogen) atoms. The van der Waals surface area contributed by atoms with E-state index in [1.807, 2.05) is 61.5 Å². The van der Waals surface area contributed by atoms with E-state index >= 15 is 0 Å². The third kappa shape index (κ3) is 4.09. The number of carboxylic acids is 1. The van der Waals surface area contributed by atoms with Gasteiger partial charge in [-0.15, -0.1) is 22.7 Å². The van der Waals surface area contributed by atoms with Gasteiger partial charge in [-0.25, -0.2) is 4.79 Å². The van der Waals surface area contributed by atoms with Crippen LogP contribution in [0.3, 0.4) is 0 Å². The molecule has 1 N–H and O–H groups in total. The number of thiophene rings is 2. The zero-order chi connectivity index (χ0) is 25.0. The molecule has 2 aromatic heterocycles. The molecule has 3 rings (SSSR count). The van der Waals surface area contributed by atoms with E-state index in [0.29, 0.717) is 4.53 Å². The van der Waals surface area contributed by atoms with Crippen molar-refractivity contribution >= 4 is 46.0 Å². The number of nitriles is 5. The Hall–Kier alpha value is -4.92. The van der Waals surface area contributed by atoms with Gasteiger partial charge in [0.2, 0.25) is 0 Å². The van der Waals surface area contributed by atoms with Gasteiger partial charge in [0.05, 0.1) is 35.9 Å². The zero-order valence-corrected chi connectivity index (χ0v) is 19.4. The van der Waals surface area contributed by atoms with Crippen LogP contribution in [0.2, 0.25) is 0 Å². The van der Waals surface area contributed by atoms with Crippen molar-refractivity contribution in [1.82, 2.24) is 0 Å². The first kappa shape index (κ1) is 23.7. The standard InChI is InChI=1S/C24H12N6O2S2/c1-30(2)14-5-3-13(4-6-14)7-20-15(8-25)16(9-26)22(33-20)23-18(11-28)17(10-27)21(34-23)19(12-29)24(31)32/h3-7H,1-2H3,(H,31,32)/b20-7+,21-19+,23-22-. The lowest BCUT2D eigenvalue weighted by molar-refractivity contribution is -0.130. The molecular weight excluding hydrogens is 468 g/mol. The second-order valence-corrected chi connectivity index (χ2v) is 9.00. The molecule has 0 aliphatic rings. The lowest BCUT2D eigenvalue weighted by Crippen LogP contribution is -2.11. The number of aliphatic carboxylic acids is 1. The predicted molar refractivity (Wildman–Crippen MR) is 125 cm³/mol. The van der Waals surface area contributed by atoms with Crippen molar-refractivity contribution in [3.8, 4) is 30.3 Å². The molecule has 0 saturated heterocycles. The van der Waals surface area contributed by atoms with Crippen molar-refractivity contribution < 1.29 is 9.90 Å². The highest BCUT2D eigenvalue weighted by Gasteiger charge is 2.19. The second-order valence-electron chi connectivity index (χ2n) is 6.93. The minimum atomic E-state index is -1.53. The lowest BCUT2D eigenvalue weighted by Gasteiger charge is -2.11. The second kappa shape index (κ2) is 9.70. The van der Waals surface area contributed by atoms with Crippen LogP contribution in [-0.2, 0) is 4.79 Å². The molecule has 10 heteroatoms. The molecule has 0 bridgehead atoms. The molecule has 0 atom stereocenters. The van der Waals surface area contributed by atoms with Gasteiger partial charge in [0, 0.05) is 24.3 Å². The van der Waals surface area contributed by atoms with Gasteiger partial charge in [0.25, 0.3) is 0 Å². The SMILES string of the molecule is CN(C)c1ccc(/C=c2/s/c(=c3\s/c(=C(\C#N)C(=O)O)c(C#N)c3C#N)c(C#N)c2C#N)cc1. The van der Waals surface area contributed by atoms with Crippen molar-refractivity contribution in [2.45, 2.75) is 0 Å². The molecule has 0 aliphatic heterocycles. The maximum atomic E-state index is 11.5. The number of hydrogen-bond acceptors (Lipinski definition) is 9. The van der Waals surface area contributed by atoms with E-state index in [9.17, 15) is 36.2 Å². The number of rotatable bonds is 3. The molecule has 8 nitrogen and oxygen atoms in total. The van der Waals surface area contributed by atoms with E-state index in [1.165, 1.54) is 0 Å². The third-order valence-corrected chi connectivity index (χ3v) is 7.27. The Labute approximate surface area is 201 Å². The quantitative estimate of drug-likeness (QED) is 0.597. The van der Waals surface area contributed by atoms with Crippen LogP contribution < -0.4 is 14.0 Å². The summed E-state index contributed by atoms with van der Waals surface area (Å²) in [7, 11) is 3.82. The number of carboxylic acid groups (broad SMARTS) is 1. The van der Waals surface area contributed by atoms with Crippen molar-refractivity contribution in [3.63, 3.8) is 0 Å². The summed E-state index contributed by atoms with van der Waals surface area (Å²) in [6, 6.07) is 16.8. The highest BCUT2D eigenvalue weighted by Crippen LogP contribution is 2.20. The normalized spacial score (nSPS) is 12.4. The average molecular weight is 481 g/mol. The van der Waals surface area contributed by atoms with Crippen LogP contribution in [0.15, 0.2) is 24.3 Å². The Bertz CT molecular complexity index is 1760. The Morgan fingerprint density at radius 3 is 1.85 bits per heavy atom. The predicted octanol–water partition coefficient (Wildman–Crippen LogP) is 2.24. The first-order valence-electron chi connectivity index (χ1n) is 9.38. The number of nitrogens with zero attached hydrogens (tertiary/aromatic N) is 6. The first-order valence-corrected chi connectivity index (χ1v) is 11.0. The monoisotopic (exact) mass is 480 g/mol. The van der Waals surface area contributed by atoms with Crippen LogP contribution in [0.5, 0.6) is 0 Å². The third-order valence-electron chi connectivity index (χ3n) is 4.76. The van der Waals surface area contributed by atoms with Gasteiger partial charge >= 0.3 is 5.97 Å². The fraction of sp³-hybridized carbons (Fsp3) is 0.0833. The smallest absolute Gasteiger partial charge is 0.347 e. The molecule has 3 aromatic rings. The molecule has 0 amide bonds. The Balaban J connectivity index is 2.54. The molecular formula is C24H12N6O2S2. The fourth-order valence-corrected chi connectivity index (χ4v) is 5.62. The van der Waals surface area contributed by atoms with Crippen LogP contribution in [0, 0.1) is 65.7 Å². The van der Waals surface area contributed by atoms with Crippen molar-refractivity contribution in [1.29, 1.82) is 26.3 Å². The van der Waals surface area contributed by atoms with Crippen LogP contribution in [0.25, 0.3) is 11.6 Å². The van der Waals surface area contributed by atoms with Crippen LogP contribution >= 0.6 is 22.7 Å². The molecule has 0 spiro atoms. The topological polar surface area (TPSA) is 159 Å². The van der Waals surface area contributed by atoms with Gasteiger partial charge in [-0.05, 0) is 23.8 Å². The Morgan fingerprint density at radius 1 is 0.853 bits per heavy atom. The number of carbonyl (C=O) groups is 1. The molecule has 0 radical (unpaired) electrons. The Morgan fingerprint density at radius 2 is 1.38 bits per heavy atom. The highest BCUT2D eigenvalue weighted by atomic mass is 32.1. The van der Waals surface area contributed by atoms with Crippen LogP contribution in [0.4, 0.5) is 5.69 Å². The van der Waals surface area contributed by atoms with Gasteiger partial charge in [-0.3, -0.25) is 0 Å². The van der Waals surface area contributed by atoms with Gasteiger partial charge < -0.3 is 10.0 Å². The molecule has 1 aromatic carbocycles. The molecule has 0 aliphatic carbocycles. The average Bonchev–Trinajstić information content (AvgIpc) is 3.36. The van der Waals surface area contributed by atoms with Gasteiger partial charge in [0.15, 0.2) is 5.57 Å². The molecule has 2 heterocycles. The molecule has 0 fully saturated rings. The minimum Gasteiger partial charge on any atom is -0.477 e. The number of benzene rings is 1. The first-order chi connectivity index (χ1) is 16.3. The molecule has 0 saturated carbocycles. The molecule has 0 unspecified atom stereocenters. The van der Waals surface area contributed by atoms with Gasteiger partial charge in [0.1, 0.15) is 30.3 Å².